The summed E-state index contributed by atoms with van der Waals surface area (Å²) in [6, 6.07) is 7.77. The fourth-order valence-electron chi connectivity index (χ4n) is 2.15. The van der Waals surface area contributed by atoms with Crippen LogP contribution in [0.15, 0.2) is 29.3 Å². The first kappa shape index (κ1) is 26.9. The summed E-state index contributed by atoms with van der Waals surface area (Å²) in [5.41, 5.74) is 1.07. The molecule has 162 valence electrons. The maximum absolute atomic E-state index is 11.1. The Morgan fingerprint density at radius 1 is 1.07 bits per heavy atom. The topological polar surface area (TPSA) is 101 Å². The minimum absolute atomic E-state index is 0. The molecule has 0 fully saturated rings. The second-order valence-corrected chi connectivity index (χ2v) is 7.77. The molecule has 0 aliphatic rings. The van der Waals surface area contributed by atoms with E-state index in [-0.39, 0.29) is 24.0 Å². The first-order chi connectivity index (χ1) is 12.9. The number of guanidine groups is 1. The van der Waals surface area contributed by atoms with Gasteiger partial charge in [-0.1, -0.05) is 12.1 Å². The van der Waals surface area contributed by atoms with Gasteiger partial charge in [-0.3, -0.25) is 0 Å². The smallest absolute Gasteiger partial charge is 0.208 e. The molecule has 1 rings (SSSR count). The molecule has 0 heterocycles. The van der Waals surface area contributed by atoms with Gasteiger partial charge in [-0.25, -0.2) is 18.1 Å². The Labute approximate surface area is 185 Å². The predicted octanol–water partition coefficient (Wildman–Crippen LogP) is 1.71. The zero-order valence-electron chi connectivity index (χ0n) is 16.9. The molecule has 0 atom stereocenters. The fourth-order valence-corrected chi connectivity index (χ4v) is 2.67. The van der Waals surface area contributed by atoms with E-state index >= 15 is 0 Å². The van der Waals surface area contributed by atoms with Crippen molar-refractivity contribution in [3.05, 3.63) is 29.8 Å². The molecule has 0 unspecified atom stereocenters. The van der Waals surface area contributed by atoms with Crippen LogP contribution in [0.5, 0.6) is 5.75 Å². The van der Waals surface area contributed by atoms with Gasteiger partial charge in [-0.2, -0.15) is 0 Å². The molecule has 0 aliphatic carbocycles. The molecule has 0 spiro atoms. The summed E-state index contributed by atoms with van der Waals surface area (Å²) in [5.74, 6) is 1.51. The zero-order chi connectivity index (χ0) is 20.0. The van der Waals surface area contributed by atoms with Gasteiger partial charge < -0.3 is 20.1 Å². The van der Waals surface area contributed by atoms with Crippen molar-refractivity contribution in [3.63, 3.8) is 0 Å². The number of hydrogen-bond acceptors (Lipinski definition) is 5. The van der Waals surface area contributed by atoms with Crippen LogP contribution in [0.2, 0.25) is 0 Å². The van der Waals surface area contributed by atoms with Crippen molar-refractivity contribution >= 4 is 40.0 Å². The highest BCUT2D eigenvalue weighted by Crippen LogP contribution is 2.11. The van der Waals surface area contributed by atoms with Gasteiger partial charge in [0.25, 0.3) is 0 Å². The molecule has 0 amide bonds. The number of hydrogen-bond donors (Lipinski definition) is 3. The Kier molecular flexibility index (Phi) is 15.1. The van der Waals surface area contributed by atoms with Gasteiger partial charge in [0.15, 0.2) is 5.96 Å². The third-order valence-electron chi connectivity index (χ3n) is 3.55. The Morgan fingerprint density at radius 2 is 1.71 bits per heavy atom. The second-order valence-electron chi connectivity index (χ2n) is 5.94. The van der Waals surface area contributed by atoms with Crippen molar-refractivity contribution in [1.82, 2.24) is 15.4 Å². The molecule has 0 radical (unpaired) electrons. The first-order valence-electron chi connectivity index (χ1n) is 9.12. The molecule has 1 aromatic rings. The van der Waals surface area contributed by atoms with Crippen LogP contribution in [0.1, 0.15) is 25.3 Å². The SMILES string of the molecule is CCOCCCNC(=NCc1ccc(OC)cc1)NCCCNS(C)(=O)=O.I. The number of benzene rings is 1. The Morgan fingerprint density at radius 3 is 2.29 bits per heavy atom. The average molecular weight is 528 g/mol. The van der Waals surface area contributed by atoms with Crippen LogP contribution in [-0.4, -0.2) is 60.6 Å². The lowest BCUT2D eigenvalue weighted by Crippen LogP contribution is -2.39. The van der Waals surface area contributed by atoms with Crippen LogP contribution >= 0.6 is 24.0 Å². The molecule has 10 heteroatoms. The van der Waals surface area contributed by atoms with Crippen molar-refractivity contribution in [3.8, 4) is 5.75 Å². The van der Waals surface area contributed by atoms with E-state index in [1.54, 1.807) is 7.11 Å². The number of rotatable bonds is 13. The van der Waals surface area contributed by atoms with Crippen LogP contribution in [-0.2, 0) is 21.3 Å². The summed E-state index contributed by atoms with van der Waals surface area (Å²) in [6.07, 6.45) is 2.70. The molecule has 1 aromatic carbocycles. The summed E-state index contributed by atoms with van der Waals surface area (Å²) in [6.45, 7) is 5.67. The summed E-state index contributed by atoms with van der Waals surface area (Å²) in [4.78, 5) is 4.59. The lowest BCUT2D eigenvalue weighted by atomic mass is 10.2. The number of methoxy groups -OCH3 is 1. The normalized spacial score (nSPS) is 11.6. The molecule has 0 aliphatic heterocycles. The summed E-state index contributed by atoms with van der Waals surface area (Å²) >= 11 is 0. The average Bonchev–Trinajstić information content (AvgIpc) is 2.64. The molecule has 0 bridgehead atoms. The molecular formula is C18H33IN4O4S. The molecule has 0 saturated heterocycles. The Bertz CT molecular complexity index is 654. The van der Waals surface area contributed by atoms with E-state index in [9.17, 15) is 8.42 Å². The monoisotopic (exact) mass is 528 g/mol. The summed E-state index contributed by atoms with van der Waals surface area (Å²) < 4.78 is 35.1. The number of nitrogens with zero attached hydrogens (tertiary/aromatic N) is 1. The van der Waals surface area contributed by atoms with Crippen molar-refractivity contribution in [2.45, 2.75) is 26.3 Å². The maximum Gasteiger partial charge on any atom is 0.208 e. The third-order valence-corrected chi connectivity index (χ3v) is 4.28. The van der Waals surface area contributed by atoms with E-state index < -0.39 is 10.0 Å². The van der Waals surface area contributed by atoms with E-state index in [0.717, 1.165) is 30.5 Å². The van der Waals surface area contributed by atoms with E-state index in [0.29, 0.717) is 45.2 Å². The zero-order valence-corrected chi connectivity index (χ0v) is 20.0. The van der Waals surface area contributed by atoms with Gasteiger partial charge in [0.2, 0.25) is 10.0 Å². The van der Waals surface area contributed by atoms with Crippen molar-refractivity contribution in [1.29, 1.82) is 0 Å². The van der Waals surface area contributed by atoms with Crippen molar-refractivity contribution in [2.75, 3.05) is 46.2 Å². The molecule has 0 saturated carbocycles. The van der Waals surface area contributed by atoms with Gasteiger partial charge in [-0.15, -0.1) is 24.0 Å². The number of nitrogens with one attached hydrogen (secondary N) is 3. The summed E-state index contributed by atoms with van der Waals surface area (Å²) in [5, 5.41) is 6.50. The van der Waals surface area contributed by atoms with Crippen LogP contribution in [0.3, 0.4) is 0 Å². The Balaban J connectivity index is 0.00000729. The highest BCUT2D eigenvalue weighted by atomic mass is 127. The van der Waals surface area contributed by atoms with Crippen LogP contribution in [0.25, 0.3) is 0 Å². The lowest BCUT2D eigenvalue weighted by Gasteiger charge is -2.13. The number of aliphatic imine (C=N–C) groups is 1. The fraction of sp³-hybridized carbons (Fsp3) is 0.611. The number of halogens is 1. The molecular weight excluding hydrogens is 495 g/mol. The van der Waals surface area contributed by atoms with Crippen molar-refractivity contribution < 1.29 is 17.9 Å². The van der Waals surface area contributed by atoms with Crippen LogP contribution in [0, 0.1) is 0 Å². The van der Waals surface area contributed by atoms with Gasteiger partial charge in [0, 0.05) is 32.8 Å². The summed E-state index contributed by atoms with van der Waals surface area (Å²) in [7, 11) is -1.51. The Hall–Kier alpha value is -1.11. The molecule has 3 N–H and O–H groups in total. The largest absolute Gasteiger partial charge is 0.497 e. The highest BCUT2D eigenvalue weighted by molar-refractivity contribution is 14.0. The third kappa shape index (κ3) is 14.0. The number of ether oxygens (including phenoxy) is 2. The van der Waals surface area contributed by atoms with E-state index in [4.69, 9.17) is 9.47 Å². The first-order valence-corrected chi connectivity index (χ1v) is 11.0. The van der Waals surface area contributed by atoms with Crippen molar-refractivity contribution in [2.24, 2.45) is 4.99 Å². The quantitative estimate of drug-likeness (QED) is 0.156. The van der Waals surface area contributed by atoms with Crippen LogP contribution < -0.4 is 20.1 Å². The van der Waals surface area contributed by atoms with Gasteiger partial charge >= 0.3 is 0 Å². The van der Waals surface area contributed by atoms with E-state index in [1.165, 1.54) is 0 Å². The molecule has 8 nitrogen and oxygen atoms in total. The standard InChI is InChI=1S/C18H32N4O4S.HI/c1-4-26-14-6-12-20-18(19-11-5-13-22-27(3,23)24)21-15-16-7-9-17(25-2)10-8-16;/h7-10,22H,4-6,11-15H2,1-3H3,(H2,19,20,21);1H. The minimum atomic E-state index is -3.15. The van der Waals surface area contributed by atoms with Gasteiger partial charge in [0.05, 0.1) is 19.9 Å². The maximum atomic E-state index is 11.1. The molecule has 0 aromatic heterocycles. The van der Waals surface area contributed by atoms with E-state index in [2.05, 4.69) is 20.3 Å². The number of sulfonamides is 1. The molecule has 28 heavy (non-hydrogen) atoms. The van der Waals surface area contributed by atoms with E-state index in [1.807, 2.05) is 31.2 Å². The second kappa shape index (κ2) is 15.8. The lowest BCUT2D eigenvalue weighted by molar-refractivity contribution is 0.145. The van der Waals surface area contributed by atoms with Crippen LogP contribution in [0.4, 0.5) is 0 Å². The van der Waals surface area contributed by atoms with Gasteiger partial charge in [-0.05, 0) is 37.5 Å². The predicted molar refractivity (Wildman–Crippen MR) is 124 cm³/mol. The van der Waals surface area contributed by atoms with Gasteiger partial charge in [0.1, 0.15) is 5.75 Å². The highest BCUT2D eigenvalue weighted by Gasteiger charge is 2.02. The minimum Gasteiger partial charge on any atom is -0.497 e.